The summed E-state index contributed by atoms with van der Waals surface area (Å²) < 4.78 is 0. The molecule has 0 spiro atoms. The van der Waals surface area contributed by atoms with Gasteiger partial charge < -0.3 is 15.3 Å². The number of rotatable bonds is 3. The molecule has 0 aromatic carbocycles. The van der Waals surface area contributed by atoms with Crippen LogP contribution in [0.2, 0.25) is 0 Å². The van der Waals surface area contributed by atoms with E-state index in [1.165, 1.54) is 11.1 Å². The van der Waals surface area contributed by atoms with Gasteiger partial charge in [-0.05, 0) is 25.8 Å². The fourth-order valence-electron chi connectivity index (χ4n) is 2.24. The minimum Gasteiger partial charge on any atom is -0.465 e. The zero-order valence-electron chi connectivity index (χ0n) is 11.1. The summed E-state index contributed by atoms with van der Waals surface area (Å²) in [5.41, 5.74) is 0.548. The first-order chi connectivity index (χ1) is 9.47. The number of nitro groups is 1. The molecule has 0 aliphatic carbocycles. The van der Waals surface area contributed by atoms with E-state index < -0.39 is 11.0 Å². The van der Waals surface area contributed by atoms with E-state index in [9.17, 15) is 14.9 Å². The normalized spacial score (nSPS) is 15.9. The lowest BCUT2D eigenvalue weighted by atomic mass is 10.1. The molecule has 0 atom stereocenters. The second kappa shape index (κ2) is 5.72. The topological polar surface area (TPSA) is 109 Å². The highest BCUT2D eigenvalue weighted by atomic mass is 16.6. The Morgan fingerprint density at radius 2 is 2.20 bits per heavy atom. The zero-order valence-corrected chi connectivity index (χ0v) is 11.1. The van der Waals surface area contributed by atoms with Gasteiger partial charge in [-0.15, -0.1) is 0 Å². The summed E-state index contributed by atoms with van der Waals surface area (Å²) in [5.74, 6) is 0.585. The second-order valence-corrected chi connectivity index (χ2v) is 4.80. The molecule has 1 saturated heterocycles. The van der Waals surface area contributed by atoms with Crippen molar-refractivity contribution in [2.75, 3.05) is 18.4 Å². The Hall–Kier alpha value is -2.38. The lowest BCUT2D eigenvalue weighted by Gasteiger charge is -2.30. The lowest BCUT2D eigenvalue weighted by molar-refractivity contribution is -0.385. The molecular weight excluding hydrogens is 264 g/mol. The number of anilines is 1. The fourth-order valence-corrected chi connectivity index (χ4v) is 2.24. The van der Waals surface area contributed by atoms with Gasteiger partial charge in [0.25, 0.3) is 5.69 Å². The molecule has 1 aliphatic rings. The number of hydrogen-bond acceptors (Lipinski definition) is 5. The van der Waals surface area contributed by atoms with Crippen molar-refractivity contribution in [1.82, 2.24) is 9.88 Å². The van der Waals surface area contributed by atoms with Crippen LogP contribution in [0.25, 0.3) is 0 Å². The molecular formula is C12H16N4O4. The Balaban J connectivity index is 1.96. The van der Waals surface area contributed by atoms with Crippen LogP contribution in [0.4, 0.5) is 16.3 Å². The Kier molecular flexibility index (Phi) is 4.02. The van der Waals surface area contributed by atoms with Crippen molar-refractivity contribution >= 4 is 17.6 Å². The van der Waals surface area contributed by atoms with Crippen LogP contribution in [-0.4, -0.2) is 45.1 Å². The second-order valence-electron chi connectivity index (χ2n) is 4.80. The molecule has 8 heteroatoms. The first-order valence-corrected chi connectivity index (χ1v) is 6.33. The number of likely N-dealkylation sites (tertiary alicyclic amines) is 1. The number of carboxylic acid groups (broad SMARTS) is 1. The van der Waals surface area contributed by atoms with E-state index in [1.807, 2.05) is 0 Å². The number of nitrogens with one attached hydrogen (secondary N) is 1. The third-order valence-corrected chi connectivity index (χ3v) is 3.40. The van der Waals surface area contributed by atoms with Gasteiger partial charge in [0.05, 0.1) is 4.92 Å². The number of pyridine rings is 1. The average molecular weight is 280 g/mol. The molecule has 8 nitrogen and oxygen atoms in total. The Bertz CT molecular complexity index is 526. The van der Waals surface area contributed by atoms with Crippen molar-refractivity contribution in [2.45, 2.75) is 25.8 Å². The minimum absolute atomic E-state index is 0.00348. The van der Waals surface area contributed by atoms with Crippen LogP contribution in [0, 0.1) is 17.0 Å². The molecule has 0 radical (unpaired) electrons. The number of carbonyl (C=O) groups is 1. The number of nitrogens with zero attached hydrogens (tertiary/aromatic N) is 3. The smallest absolute Gasteiger partial charge is 0.407 e. The Labute approximate surface area is 115 Å². The predicted octanol–water partition coefficient (Wildman–Crippen LogP) is 1.85. The maximum Gasteiger partial charge on any atom is 0.407 e. The molecule has 1 amide bonds. The maximum absolute atomic E-state index is 10.8. The minimum atomic E-state index is -0.896. The van der Waals surface area contributed by atoms with Crippen molar-refractivity contribution in [3.63, 3.8) is 0 Å². The summed E-state index contributed by atoms with van der Waals surface area (Å²) in [7, 11) is 0. The summed E-state index contributed by atoms with van der Waals surface area (Å²) in [6.07, 6.45) is 1.74. The summed E-state index contributed by atoms with van der Waals surface area (Å²) >= 11 is 0. The van der Waals surface area contributed by atoms with Crippen molar-refractivity contribution < 1.29 is 14.8 Å². The average Bonchev–Trinajstić information content (AvgIpc) is 2.39. The molecule has 20 heavy (non-hydrogen) atoms. The van der Waals surface area contributed by atoms with Gasteiger partial charge in [0.1, 0.15) is 12.0 Å². The molecule has 1 aliphatic heterocycles. The third kappa shape index (κ3) is 3.14. The maximum atomic E-state index is 10.8. The molecule has 1 aromatic heterocycles. The summed E-state index contributed by atoms with van der Waals surface area (Å²) in [6.45, 7) is 2.63. The Morgan fingerprint density at radius 3 is 2.70 bits per heavy atom. The molecule has 1 aromatic rings. The zero-order chi connectivity index (χ0) is 14.7. The van der Waals surface area contributed by atoms with Crippen LogP contribution in [-0.2, 0) is 0 Å². The van der Waals surface area contributed by atoms with Gasteiger partial charge in [-0.2, -0.15) is 0 Å². The van der Waals surface area contributed by atoms with E-state index in [0.29, 0.717) is 37.3 Å². The van der Waals surface area contributed by atoms with Crippen LogP contribution < -0.4 is 5.32 Å². The Morgan fingerprint density at radius 1 is 1.55 bits per heavy atom. The molecule has 2 rings (SSSR count). The molecule has 1 fully saturated rings. The molecule has 0 saturated carbocycles. The summed E-state index contributed by atoms with van der Waals surface area (Å²) in [4.78, 5) is 26.4. The third-order valence-electron chi connectivity index (χ3n) is 3.40. The van der Waals surface area contributed by atoms with Gasteiger partial charge in [0.2, 0.25) is 0 Å². The first kappa shape index (κ1) is 14.0. The standard InChI is InChI=1S/C12H16N4O4/c1-8-6-11(13-7-10(8)16(19)20)14-9-2-4-15(5-3-9)12(17)18/h6-7,9H,2-5H2,1H3,(H,13,14)(H,17,18). The van der Waals surface area contributed by atoms with Gasteiger partial charge in [-0.25, -0.2) is 9.78 Å². The highest BCUT2D eigenvalue weighted by Gasteiger charge is 2.22. The highest BCUT2D eigenvalue weighted by molar-refractivity contribution is 5.65. The van der Waals surface area contributed by atoms with E-state index in [2.05, 4.69) is 10.3 Å². The monoisotopic (exact) mass is 280 g/mol. The SMILES string of the molecule is Cc1cc(NC2CCN(C(=O)O)CC2)ncc1[N+](=O)[O-]. The number of piperidine rings is 1. The van der Waals surface area contributed by atoms with Crippen molar-refractivity contribution in [1.29, 1.82) is 0 Å². The number of aromatic nitrogens is 1. The molecule has 108 valence electrons. The van der Waals surface area contributed by atoms with Gasteiger partial charge in [-0.3, -0.25) is 10.1 Å². The van der Waals surface area contributed by atoms with Crippen LogP contribution in [0.1, 0.15) is 18.4 Å². The van der Waals surface area contributed by atoms with E-state index in [4.69, 9.17) is 5.11 Å². The van der Waals surface area contributed by atoms with E-state index in [1.54, 1.807) is 13.0 Å². The van der Waals surface area contributed by atoms with Gasteiger partial charge in [0.15, 0.2) is 0 Å². The quantitative estimate of drug-likeness (QED) is 0.646. The number of amides is 1. The van der Waals surface area contributed by atoms with Crippen molar-refractivity contribution in [3.05, 3.63) is 27.9 Å². The van der Waals surface area contributed by atoms with Crippen LogP contribution in [0.5, 0.6) is 0 Å². The van der Waals surface area contributed by atoms with Gasteiger partial charge in [-0.1, -0.05) is 0 Å². The number of hydrogen-bond donors (Lipinski definition) is 2. The fraction of sp³-hybridized carbons (Fsp3) is 0.500. The van der Waals surface area contributed by atoms with E-state index >= 15 is 0 Å². The van der Waals surface area contributed by atoms with Gasteiger partial charge >= 0.3 is 6.09 Å². The van der Waals surface area contributed by atoms with Gasteiger partial charge in [0, 0.05) is 24.7 Å². The lowest BCUT2D eigenvalue weighted by Crippen LogP contribution is -2.41. The summed E-state index contributed by atoms with van der Waals surface area (Å²) in [6, 6.07) is 1.78. The van der Waals surface area contributed by atoms with E-state index in [-0.39, 0.29) is 11.7 Å². The number of aryl methyl sites for hydroxylation is 1. The highest BCUT2D eigenvalue weighted by Crippen LogP contribution is 2.21. The van der Waals surface area contributed by atoms with Crippen LogP contribution in [0.15, 0.2) is 12.3 Å². The van der Waals surface area contributed by atoms with Crippen LogP contribution >= 0.6 is 0 Å². The van der Waals surface area contributed by atoms with Crippen LogP contribution in [0.3, 0.4) is 0 Å². The predicted molar refractivity (Wildman–Crippen MR) is 71.9 cm³/mol. The molecule has 0 bridgehead atoms. The first-order valence-electron chi connectivity index (χ1n) is 6.33. The molecule has 2 N–H and O–H groups in total. The van der Waals surface area contributed by atoms with Crippen molar-refractivity contribution in [3.8, 4) is 0 Å². The molecule has 0 unspecified atom stereocenters. The summed E-state index contributed by atoms with van der Waals surface area (Å²) in [5, 5.41) is 22.8. The van der Waals surface area contributed by atoms with Crippen molar-refractivity contribution in [2.24, 2.45) is 0 Å². The molecule has 2 heterocycles. The van der Waals surface area contributed by atoms with E-state index in [0.717, 1.165) is 0 Å². The largest absolute Gasteiger partial charge is 0.465 e.